The number of carbonyl (C=O) groups excluding carboxylic acids is 1. The fourth-order valence-electron chi connectivity index (χ4n) is 3.48. The molecule has 0 unspecified atom stereocenters. The lowest BCUT2D eigenvalue weighted by atomic mass is 9.77. The Bertz CT molecular complexity index is 539. The molecule has 0 atom stereocenters. The molecule has 24 heavy (non-hydrogen) atoms. The predicted octanol–water partition coefficient (Wildman–Crippen LogP) is 2.17. The molecule has 0 bridgehead atoms. The molecule has 1 aliphatic rings. The van der Waals surface area contributed by atoms with Crippen molar-refractivity contribution in [3.8, 4) is 5.75 Å². The van der Waals surface area contributed by atoms with Gasteiger partial charge in [0.1, 0.15) is 5.75 Å². The minimum Gasteiger partial charge on any atom is -0.496 e. The molecular weight excluding hydrogens is 304 g/mol. The fourth-order valence-corrected chi connectivity index (χ4v) is 3.48. The summed E-state index contributed by atoms with van der Waals surface area (Å²) in [5.41, 5.74) is 1.76. The molecule has 0 spiro atoms. The molecule has 1 aromatic rings. The first kappa shape index (κ1) is 18.7. The molecule has 0 heterocycles. The van der Waals surface area contributed by atoms with Gasteiger partial charge in [0.2, 0.25) is 5.91 Å². The lowest BCUT2D eigenvalue weighted by molar-refractivity contribution is -0.126. The van der Waals surface area contributed by atoms with Crippen LogP contribution >= 0.6 is 0 Å². The summed E-state index contributed by atoms with van der Waals surface area (Å²) in [6.07, 6.45) is 4.00. The number of hydrogen-bond acceptors (Lipinski definition) is 4. The first-order valence-corrected chi connectivity index (χ1v) is 8.77. The van der Waals surface area contributed by atoms with Crippen LogP contribution in [0.1, 0.15) is 36.8 Å². The lowest BCUT2D eigenvalue weighted by Gasteiger charge is -2.29. The van der Waals surface area contributed by atoms with Gasteiger partial charge in [-0.3, -0.25) is 4.79 Å². The minimum absolute atomic E-state index is 0.138. The highest BCUT2D eigenvalue weighted by molar-refractivity contribution is 5.88. The van der Waals surface area contributed by atoms with Gasteiger partial charge < -0.3 is 20.1 Å². The third-order valence-corrected chi connectivity index (χ3v) is 4.92. The average Bonchev–Trinajstić information content (AvgIpc) is 3.09. The summed E-state index contributed by atoms with van der Waals surface area (Å²) >= 11 is 0. The Hall–Kier alpha value is -1.59. The van der Waals surface area contributed by atoms with Crippen molar-refractivity contribution in [1.82, 2.24) is 10.6 Å². The number of methoxy groups -OCH3 is 2. The zero-order valence-electron chi connectivity index (χ0n) is 15.1. The molecule has 1 saturated carbocycles. The average molecular weight is 334 g/mol. The largest absolute Gasteiger partial charge is 0.496 e. The Morgan fingerprint density at radius 1 is 1.17 bits per heavy atom. The summed E-state index contributed by atoms with van der Waals surface area (Å²) in [4.78, 5) is 12.9. The van der Waals surface area contributed by atoms with Crippen molar-refractivity contribution >= 4 is 5.91 Å². The summed E-state index contributed by atoms with van der Waals surface area (Å²) in [5.74, 6) is 0.993. The SMILES string of the molecule is COCCNCCNC(=O)C1(c2ccc(C)c(OC)c2)CCCC1. The van der Waals surface area contributed by atoms with Crippen LogP contribution in [0.25, 0.3) is 0 Å². The number of hydrogen-bond donors (Lipinski definition) is 2. The Labute approximate surface area is 145 Å². The van der Waals surface area contributed by atoms with Gasteiger partial charge in [-0.15, -0.1) is 0 Å². The van der Waals surface area contributed by atoms with Crippen LogP contribution in [0, 0.1) is 6.92 Å². The maximum Gasteiger partial charge on any atom is 0.230 e. The summed E-state index contributed by atoms with van der Waals surface area (Å²) in [6.45, 7) is 4.89. The summed E-state index contributed by atoms with van der Waals surface area (Å²) in [7, 11) is 3.36. The van der Waals surface area contributed by atoms with Crippen LogP contribution in [-0.2, 0) is 14.9 Å². The van der Waals surface area contributed by atoms with Crippen molar-refractivity contribution in [3.63, 3.8) is 0 Å². The summed E-state index contributed by atoms with van der Waals surface area (Å²) in [5, 5.41) is 6.36. The fraction of sp³-hybridized carbons (Fsp3) is 0.632. The monoisotopic (exact) mass is 334 g/mol. The topological polar surface area (TPSA) is 59.6 Å². The van der Waals surface area contributed by atoms with Crippen molar-refractivity contribution in [1.29, 1.82) is 0 Å². The van der Waals surface area contributed by atoms with Gasteiger partial charge in [-0.25, -0.2) is 0 Å². The first-order valence-electron chi connectivity index (χ1n) is 8.77. The van der Waals surface area contributed by atoms with Crippen molar-refractivity contribution in [3.05, 3.63) is 29.3 Å². The summed E-state index contributed by atoms with van der Waals surface area (Å²) < 4.78 is 10.4. The van der Waals surface area contributed by atoms with E-state index in [1.54, 1.807) is 14.2 Å². The number of benzene rings is 1. The molecule has 5 heteroatoms. The van der Waals surface area contributed by atoms with Gasteiger partial charge in [0.15, 0.2) is 0 Å². The van der Waals surface area contributed by atoms with Gasteiger partial charge in [-0.1, -0.05) is 25.0 Å². The molecule has 1 amide bonds. The molecule has 5 nitrogen and oxygen atoms in total. The molecule has 0 saturated heterocycles. The first-order chi connectivity index (χ1) is 11.6. The Balaban J connectivity index is 2.03. The van der Waals surface area contributed by atoms with Gasteiger partial charge in [-0.05, 0) is 37.0 Å². The van der Waals surface area contributed by atoms with Crippen LogP contribution in [0.4, 0.5) is 0 Å². The molecule has 1 aromatic carbocycles. The van der Waals surface area contributed by atoms with Crippen molar-refractivity contribution in [2.24, 2.45) is 0 Å². The van der Waals surface area contributed by atoms with E-state index in [0.717, 1.165) is 55.6 Å². The van der Waals surface area contributed by atoms with E-state index < -0.39 is 5.41 Å². The van der Waals surface area contributed by atoms with Crippen LogP contribution in [0.2, 0.25) is 0 Å². The second-order valence-electron chi connectivity index (χ2n) is 6.47. The van der Waals surface area contributed by atoms with E-state index in [1.807, 2.05) is 19.1 Å². The third-order valence-electron chi connectivity index (χ3n) is 4.92. The van der Waals surface area contributed by atoms with E-state index in [1.165, 1.54) is 0 Å². The van der Waals surface area contributed by atoms with E-state index >= 15 is 0 Å². The van der Waals surface area contributed by atoms with E-state index in [0.29, 0.717) is 13.2 Å². The number of nitrogens with one attached hydrogen (secondary N) is 2. The predicted molar refractivity (Wildman–Crippen MR) is 95.6 cm³/mol. The molecular formula is C19H30N2O3. The van der Waals surface area contributed by atoms with Gasteiger partial charge in [0, 0.05) is 26.7 Å². The van der Waals surface area contributed by atoms with E-state index in [4.69, 9.17) is 9.47 Å². The lowest BCUT2D eigenvalue weighted by Crippen LogP contribution is -2.45. The van der Waals surface area contributed by atoms with Crippen LogP contribution in [0.15, 0.2) is 18.2 Å². The highest BCUT2D eigenvalue weighted by Gasteiger charge is 2.42. The van der Waals surface area contributed by atoms with Gasteiger partial charge in [0.25, 0.3) is 0 Å². The molecule has 0 aliphatic heterocycles. The third kappa shape index (κ3) is 4.28. The Morgan fingerprint density at radius 3 is 2.58 bits per heavy atom. The van der Waals surface area contributed by atoms with Crippen molar-refractivity contribution in [2.75, 3.05) is 40.5 Å². The zero-order chi connectivity index (χ0) is 17.4. The molecule has 1 fully saturated rings. The minimum atomic E-state index is -0.409. The zero-order valence-corrected chi connectivity index (χ0v) is 15.1. The van der Waals surface area contributed by atoms with Gasteiger partial charge >= 0.3 is 0 Å². The molecule has 1 aliphatic carbocycles. The van der Waals surface area contributed by atoms with Crippen molar-refractivity contribution < 1.29 is 14.3 Å². The number of amides is 1. The van der Waals surface area contributed by atoms with E-state index in [9.17, 15) is 4.79 Å². The van der Waals surface area contributed by atoms with Crippen LogP contribution < -0.4 is 15.4 Å². The Kier molecular flexibility index (Phi) is 7.06. The van der Waals surface area contributed by atoms with E-state index in [2.05, 4.69) is 16.7 Å². The van der Waals surface area contributed by atoms with Crippen LogP contribution in [-0.4, -0.2) is 46.4 Å². The quantitative estimate of drug-likeness (QED) is 0.680. The second-order valence-corrected chi connectivity index (χ2v) is 6.47. The summed E-state index contributed by atoms with van der Waals surface area (Å²) in [6, 6.07) is 6.17. The molecule has 134 valence electrons. The number of aryl methyl sites for hydroxylation is 1. The molecule has 2 N–H and O–H groups in total. The standard InChI is InChI=1S/C19H30N2O3/c1-15-6-7-16(14-17(15)24-3)19(8-4-5-9-19)18(22)21-11-10-20-12-13-23-2/h6-7,14,20H,4-5,8-13H2,1-3H3,(H,21,22). The Morgan fingerprint density at radius 2 is 1.92 bits per heavy atom. The van der Waals surface area contributed by atoms with Gasteiger partial charge in [0.05, 0.1) is 19.1 Å². The van der Waals surface area contributed by atoms with Gasteiger partial charge in [-0.2, -0.15) is 0 Å². The number of ether oxygens (including phenoxy) is 2. The van der Waals surface area contributed by atoms with Crippen molar-refractivity contribution in [2.45, 2.75) is 38.0 Å². The molecule has 2 rings (SSSR count). The molecule has 0 radical (unpaired) electrons. The highest BCUT2D eigenvalue weighted by atomic mass is 16.5. The molecule has 0 aromatic heterocycles. The van der Waals surface area contributed by atoms with Crippen LogP contribution in [0.3, 0.4) is 0 Å². The maximum absolute atomic E-state index is 12.9. The smallest absolute Gasteiger partial charge is 0.230 e. The normalized spacial score (nSPS) is 16.1. The maximum atomic E-state index is 12.9. The number of carbonyl (C=O) groups is 1. The second kappa shape index (κ2) is 9.04. The highest BCUT2D eigenvalue weighted by Crippen LogP contribution is 2.42. The van der Waals surface area contributed by atoms with Crippen LogP contribution in [0.5, 0.6) is 5.75 Å². The number of rotatable bonds is 9. The van der Waals surface area contributed by atoms with E-state index in [-0.39, 0.29) is 5.91 Å².